The maximum absolute atomic E-state index is 6.06. The molecule has 0 saturated heterocycles. The van der Waals surface area contributed by atoms with Crippen LogP contribution in [0.2, 0.25) is 0 Å². The van der Waals surface area contributed by atoms with Crippen molar-refractivity contribution >= 4 is 5.70 Å². The van der Waals surface area contributed by atoms with Crippen molar-refractivity contribution in [3.8, 4) is 23.8 Å². The Morgan fingerprint density at radius 2 is 1.74 bits per heavy atom. The average Bonchev–Trinajstić information content (AvgIpc) is 2.61. The molecule has 118 valence electrons. The molecule has 0 fully saturated rings. The lowest BCUT2D eigenvalue weighted by molar-refractivity contribution is 0.393. The van der Waals surface area contributed by atoms with E-state index in [9.17, 15) is 0 Å². The molecule has 4 nitrogen and oxygen atoms in total. The normalized spacial score (nSPS) is 10.7. The van der Waals surface area contributed by atoms with Crippen LogP contribution in [0.3, 0.4) is 0 Å². The van der Waals surface area contributed by atoms with Crippen molar-refractivity contribution in [3.63, 3.8) is 0 Å². The first-order valence-corrected chi connectivity index (χ1v) is 7.14. The number of nitrogens with one attached hydrogen (secondary N) is 1. The van der Waals surface area contributed by atoms with Crippen molar-refractivity contribution in [2.75, 3.05) is 14.2 Å². The summed E-state index contributed by atoms with van der Waals surface area (Å²) in [4.78, 5) is 0. The minimum Gasteiger partial charge on any atom is -0.497 e. The van der Waals surface area contributed by atoms with Gasteiger partial charge in [0, 0.05) is 24.4 Å². The van der Waals surface area contributed by atoms with Crippen LogP contribution in [0.5, 0.6) is 11.5 Å². The Balaban J connectivity index is 2.04. The molecule has 0 radical (unpaired) electrons. The molecular formula is C19H20N2O2. The van der Waals surface area contributed by atoms with E-state index in [1.54, 1.807) is 20.4 Å². The smallest absolute Gasteiger partial charge is 0.122 e. The van der Waals surface area contributed by atoms with E-state index in [4.69, 9.17) is 21.6 Å². The first kappa shape index (κ1) is 16.3. The molecule has 0 spiro atoms. The van der Waals surface area contributed by atoms with E-state index in [1.165, 1.54) is 0 Å². The third-order valence-electron chi connectivity index (χ3n) is 3.36. The van der Waals surface area contributed by atoms with E-state index in [2.05, 4.69) is 11.2 Å². The van der Waals surface area contributed by atoms with Crippen LogP contribution < -0.4 is 20.5 Å². The third kappa shape index (κ3) is 4.45. The van der Waals surface area contributed by atoms with Gasteiger partial charge in [0.05, 0.1) is 19.9 Å². The second-order valence-corrected chi connectivity index (χ2v) is 4.92. The van der Waals surface area contributed by atoms with Crippen LogP contribution in [-0.2, 0) is 6.54 Å². The molecule has 0 aromatic heterocycles. The molecule has 0 amide bonds. The highest BCUT2D eigenvalue weighted by molar-refractivity contribution is 5.63. The van der Waals surface area contributed by atoms with E-state index in [0.29, 0.717) is 12.2 Å². The first-order valence-electron chi connectivity index (χ1n) is 7.14. The molecule has 2 aromatic rings. The number of benzene rings is 2. The average molecular weight is 308 g/mol. The molecule has 0 unspecified atom stereocenters. The molecule has 0 aliphatic heterocycles. The Bertz CT molecular complexity index is 706. The van der Waals surface area contributed by atoms with Crippen LogP contribution in [0.4, 0.5) is 0 Å². The number of nitrogens with two attached hydrogens (primary N) is 1. The molecule has 0 atom stereocenters. The quantitative estimate of drug-likeness (QED) is 0.806. The van der Waals surface area contributed by atoms with E-state index in [-0.39, 0.29) is 0 Å². The van der Waals surface area contributed by atoms with Crippen LogP contribution in [0.1, 0.15) is 16.7 Å². The minimum atomic E-state index is 0.608. The van der Waals surface area contributed by atoms with E-state index in [1.807, 2.05) is 42.5 Å². The largest absolute Gasteiger partial charge is 0.497 e. The van der Waals surface area contributed by atoms with Crippen LogP contribution in [0.15, 0.2) is 48.7 Å². The van der Waals surface area contributed by atoms with Crippen LogP contribution in [-0.4, -0.2) is 14.2 Å². The predicted molar refractivity (Wildman–Crippen MR) is 92.9 cm³/mol. The lowest BCUT2D eigenvalue weighted by Crippen LogP contribution is -2.09. The molecule has 0 heterocycles. The van der Waals surface area contributed by atoms with Gasteiger partial charge in [-0.05, 0) is 35.4 Å². The summed E-state index contributed by atoms with van der Waals surface area (Å²) in [5, 5.41) is 3.19. The SMILES string of the molecule is C#Cc1ccc(/C(N)=C/NCc2cc(OC)cc(OC)c2)cc1. The Labute approximate surface area is 136 Å². The number of hydrogen-bond donors (Lipinski definition) is 2. The minimum absolute atomic E-state index is 0.608. The fraction of sp³-hybridized carbons (Fsp3) is 0.158. The van der Waals surface area contributed by atoms with Gasteiger partial charge in [0.2, 0.25) is 0 Å². The van der Waals surface area contributed by atoms with Gasteiger partial charge in [-0.2, -0.15) is 0 Å². The highest BCUT2D eigenvalue weighted by Crippen LogP contribution is 2.22. The first-order chi connectivity index (χ1) is 11.2. The zero-order valence-electron chi connectivity index (χ0n) is 13.3. The Morgan fingerprint density at radius 3 is 2.26 bits per heavy atom. The summed E-state index contributed by atoms with van der Waals surface area (Å²) in [6, 6.07) is 13.3. The van der Waals surface area contributed by atoms with Crippen molar-refractivity contribution in [2.24, 2.45) is 5.73 Å². The topological polar surface area (TPSA) is 56.5 Å². The number of methoxy groups -OCH3 is 2. The molecule has 0 saturated carbocycles. The zero-order chi connectivity index (χ0) is 16.7. The standard InChI is InChI=1S/C19H20N2O2/c1-4-14-5-7-16(8-6-14)19(20)13-21-12-15-9-17(22-2)11-18(10-15)23-3/h1,5-11,13,21H,12,20H2,2-3H3/b19-13-. The van der Waals surface area contributed by atoms with Gasteiger partial charge in [-0.1, -0.05) is 18.1 Å². The summed E-state index contributed by atoms with van der Waals surface area (Å²) >= 11 is 0. The second-order valence-electron chi connectivity index (χ2n) is 4.92. The van der Waals surface area contributed by atoms with Crippen molar-refractivity contribution in [2.45, 2.75) is 6.54 Å². The molecule has 23 heavy (non-hydrogen) atoms. The van der Waals surface area contributed by atoms with Crippen molar-refractivity contribution in [1.29, 1.82) is 0 Å². The zero-order valence-corrected chi connectivity index (χ0v) is 13.3. The summed E-state index contributed by atoms with van der Waals surface area (Å²) < 4.78 is 10.5. The maximum atomic E-state index is 6.06. The summed E-state index contributed by atoms with van der Waals surface area (Å²) in [7, 11) is 3.26. The van der Waals surface area contributed by atoms with Gasteiger partial charge in [-0.3, -0.25) is 0 Å². The van der Waals surface area contributed by atoms with Crippen LogP contribution in [0.25, 0.3) is 5.70 Å². The second kappa shape index (κ2) is 7.81. The van der Waals surface area contributed by atoms with Gasteiger partial charge >= 0.3 is 0 Å². The summed E-state index contributed by atoms with van der Waals surface area (Å²) in [6.45, 7) is 0.608. The molecular weight excluding hydrogens is 288 g/mol. The number of hydrogen-bond acceptors (Lipinski definition) is 4. The summed E-state index contributed by atoms with van der Waals surface area (Å²) in [6.07, 6.45) is 7.11. The highest BCUT2D eigenvalue weighted by atomic mass is 16.5. The maximum Gasteiger partial charge on any atom is 0.122 e. The molecule has 3 N–H and O–H groups in total. The Kier molecular flexibility index (Phi) is 5.54. The van der Waals surface area contributed by atoms with Crippen molar-refractivity contribution in [1.82, 2.24) is 5.32 Å². The van der Waals surface area contributed by atoms with Crippen molar-refractivity contribution in [3.05, 3.63) is 65.4 Å². The van der Waals surface area contributed by atoms with E-state index >= 15 is 0 Å². The Hall–Kier alpha value is -3.06. The number of terminal acetylenes is 1. The number of rotatable bonds is 6. The molecule has 2 aromatic carbocycles. The third-order valence-corrected chi connectivity index (χ3v) is 3.36. The van der Waals surface area contributed by atoms with Gasteiger partial charge in [-0.25, -0.2) is 0 Å². The highest BCUT2D eigenvalue weighted by Gasteiger charge is 2.01. The van der Waals surface area contributed by atoms with Gasteiger partial charge in [-0.15, -0.1) is 6.42 Å². The summed E-state index contributed by atoms with van der Waals surface area (Å²) in [5.74, 6) is 4.09. The molecule has 2 rings (SSSR count). The van der Waals surface area contributed by atoms with Gasteiger partial charge in [0.25, 0.3) is 0 Å². The molecule has 0 bridgehead atoms. The molecule has 4 heteroatoms. The molecule has 0 aliphatic carbocycles. The predicted octanol–water partition coefficient (Wildman–Crippen LogP) is 2.73. The lowest BCUT2D eigenvalue weighted by atomic mass is 10.1. The van der Waals surface area contributed by atoms with Gasteiger partial charge < -0.3 is 20.5 Å². The summed E-state index contributed by atoms with van der Waals surface area (Å²) in [5.41, 5.74) is 9.49. The van der Waals surface area contributed by atoms with Crippen molar-refractivity contribution < 1.29 is 9.47 Å². The molecule has 0 aliphatic rings. The van der Waals surface area contributed by atoms with Crippen LogP contribution >= 0.6 is 0 Å². The van der Waals surface area contributed by atoms with Gasteiger partial charge in [0.15, 0.2) is 0 Å². The monoisotopic (exact) mass is 308 g/mol. The fourth-order valence-corrected chi connectivity index (χ4v) is 2.09. The fourth-order valence-electron chi connectivity index (χ4n) is 2.09. The van der Waals surface area contributed by atoms with E-state index in [0.717, 1.165) is 28.2 Å². The lowest BCUT2D eigenvalue weighted by Gasteiger charge is -2.09. The van der Waals surface area contributed by atoms with Crippen LogP contribution in [0, 0.1) is 12.3 Å². The van der Waals surface area contributed by atoms with Gasteiger partial charge in [0.1, 0.15) is 11.5 Å². The Morgan fingerprint density at radius 1 is 1.13 bits per heavy atom. The number of ether oxygens (including phenoxy) is 2. The van der Waals surface area contributed by atoms with E-state index < -0.39 is 0 Å².